The Kier molecular flexibility index (Phi) is 8.66. The molecule has 2 N–H and O–H groups in total. The first-order chi connectivity index (χ1) is 18.4. The van der Waals surface area contributed by atoms with Gasteiger partial charge in [-0.2, -0.15) is 5.26 Å². The fourth-order valence-electron chi connectivity index (χ4n) is 3.23. The predicted molar refractivity (Wildman–Crippen MR) is 149 cm³/mol. The number of amides is 1. The molecular formula is C28H22N4O4S2. The second kappa shape index (κ2) is 12.5. The highest BCUT2D eigenvalue weighted by Gasteiger charge is 2.16. The minimum Gasteiger partial charge on any atom is -0.490 e. The maximum Gasteiger partial charge on any atom is 0.266 e. The van der Waals surface area contributed by atoms with E-state index in [1.54, 1.807) is 29.6 Å². The summed E-state index contributed by atoms with van der Waals surface area (Å²) < 4.78 is 33.0. The first-order valence-electron chi connectivity index (χ1n) is 11.3. The summed E-state index contributed by atoms with van der Waals surface area (Å²) in [5.74, 6) is 0.0394. The molecule has 0 saturated carbocycles. The number of ether oxygens (including phenoxy) is 1. The van der Waals surface area contributed by atoms with Crippen LogP contribution in [0, 0.1) is 11.3 Å². The number of nitrogens with zero attached hydrogens (tertiary/aromatic N) is 2. The molecule has 1 amide bonds. The van der Waals surface area contributed by atoms with Crippen LogP contribution >= 0.6 is 11.3 Å². The first kappa shape index (κ1) is 26.3. The van der Waals surface area contributed by atoms with Crippen molar-refractivity contribution in [3.63, 3.8) is 0 Å². The van der Waals surface area contributed by atoms with Crippen molar-refractivity contribution in [2.45, 2.75) is 4.90 Å². The van der Waals surface area contributed by atoms with Crippen LogP contribution in [0.2, 0.25) is 0 Å². The van der Waals surface area contributed by atoms with Crippen LogP contribution < -0.4 is 14.8 Å². The summed E-state index contributed by atoms with van der Waals surface area (Å²) in [4.78, 5) is 16.5. The summed E-state index contributed by atoms with van der Waals surface area (Å²) in [5.41, 5.74) is 1.98. The van der Waals surface area contributed by atoms with Gasteiger partial charge >= 0.3 is 0 Å². The van der Waals surface area contributed by atoms with Crippen LogP contribution in [0.15, 0.2) is 107 Å². The van der Waals surface area contributed by atoms with Gasteiger partial charge in [0, 0.05) is 17.3 Å². The van der Waals surface area contributed by atoms with Crippen LogP contribution in [0.3, 0.4) is 0 Å². The predicted octanol–water partition coefficient (Wildman–Crippen LogP) is 5.58. The summed E-state index contributed by atoms with van der Waals surface area (Å²) in [6, 6.07) is 24.4. The third kappa shape index (κ3) is 7.39. The molecule has 38 heavy (non-hydrogen) atoms. The van der Waals surface area contributed by atoms with Crippen LogP contribution in [0.25, 0.3) is 12.2 Å². The van der Waals surface area contributed by atoms with Crippen molar-refractivity contribution in [2.75, 3.05) is 16.6 Å². The number of nitriles is 1. The SMILES string of the molecule is N#CC(=Cc1ccc(OCC=Cc2ccccc2)cc1)C(=O)Nc1ccc(S(=O)(=O)Nc2nccs2)cc1. The third-order valence-electron chi connectivity index (χ3n) is 5.09. The molecule has 0 aliphatic heterocycles. The summed E-state index contributed by atoms with van der Waals surface area (Å²) >= 11 is 1.16. The van der Waals surface area contributed by atoms with E-state index >= 15 is 0 Å². The minimum atomic E-state index is -3.81. The average Bonchev–Trinajstić information content (AvgIpc) is 3.43. The molecule has 3 aromatic carbocycles. The molecule has 0 aliphatic carbocycles. The monoisotopic (exact) mass is 542 g/mol. The Hall–Kier alpha value is -4.72. The Balaban J connectivity index is 1.34. The lowest BCUT2D eigenvalue weighted by atomic mass is 10.1. The number of sulfonamides is 1. The summed E-state index contributed by atoms with van der Waals surface area (Å²) in [6.07, 6.45) is 6.85. The third-order valence-corrected chi connectivity index (χ3v) is 7.26. The van der Waals surface area contributed by atoms with Gasteiger partial charge in [0.2, 0.25) is 0 Å². The van der Waals surface area contributed by atoms with Gasteiger partial charge in [0.15, 0.2) is 5.13 Å². The van der Waals surface area contributed by atoms with Gasteiger partial charge in [-0.25, -0.2) is 13.4 Å². The molecule has 10 heteroatoms. The van der Waals surface area contributed by atoms with Gasteiger partial charge < -0.3 is 10.1 Å². The van der Waals surface area contributed by atoms with E-state index in [9.17, 15) is 18.5 Å². The van der Waals surface area contributed by atoms with E-state index in [1.165, 1.54) is 36.5 Å². The molecule has 4 aromatic rings. The van der Waals surface area contributed by atoms with E-state index in [-0.39, 0.29) is 15.6 Å². The molecule has 0 saturated heterocycles. The molecule has 0 atom stereocenters. The number of anilines is 2. The first-order valence-corrected chi connectivity index (χ1v) is 13.7. The van der Waals surface area contributed by atoms with Crippen molar-refractivity contribution in [3.8, 4) is 11.8 Å². The molecule has 1 aromatic heterocycles. The van der Waals surface area contributed by atoms with Gasteiger partial charge in [-0.1, -0.05) is 48.5 Å². The van der Waals surface area contributed by atoms with E-state index in [0.29, 0.717) is 23.6 Å². The quantitative estimate of drug-likeness (QED) is 0.199. The average molecular weight is 543 g/mol. The van der Waals surface area contributed by atoms with Gasteiger partial charge in [0.1, 0.15) is 24.0 Å². The smallest absolute Gasteiger partial charge is 0.266 e. The van der Waals surface area contributed by atoms with Crippen LogP contribution in [-0.2, 0) is 14.8 Å². The Morgan fingerprint density at radius 3 is 2.39 bits per heavy atom. The Bertz CT molecular complexity index is 1570. The van der Waals surface area contributed by atoms with E-state index < -0.39 is 15.9 Å². The van der Waals surface area contributed by atoms with Crippen LogP contribution in [-0.4, -0.2) is 25.9 Å². The zero-order valence-electron chi connectivity index (χ0n) is 19.9. The summed E-state index contributed by atoms with van der Waals surface area (Å²) in [7, 11) is -3.81. The number of thiazole rings is 1. The van der Waals surface area contributed by atoms with Gasteiger partial charge in [0.25, 0.3) is 15.9 Å². The number of hydrogen-bond donors (Lipinski definition) is 2. The van der Waals surface area contributed by atoms with Crippen molar-refractivity contribution < 1.29 is 17.9 Å². The number of carbonyl (C=O) groups excluding carboxylic acids is 1. The number of rotatable bonds is 10. The van der Waals surface area contributed by atoms with Gasteiger partial charge in [-0.05, 0) is 59.7 Å². The molecule has 190 valence electrons. The largest absolute Gasteiger partial charge is 0.490 e. The summed E-state index contributed by atoms with van der Waals surface area (Å²) in [5, 5.41) is 14.0. The number of hydrogen-bond acceptors (Lipinski definition) is 7. The molecule has 0 radical (unpaired) electrons. The van der Waals surface area contributed by atoms with Crippen molar-refractivity contribution in [1.82, 2.24) is 4.98 Å². The number of aromatic nitrogens is 1. The molecule has 1 heterocycles. The topological polar surface area (TPSA) is 121 Å². The van der Waals surface area contributed by atoms with Crippen LogP contribution in [0.5, 0.6) is 5.75 Å². The lowest BCUT2D eigenvalue weighted by Crippen LogP contribution is -2.15. The Morgan fingerprint density at radius 1 is 1.00 bits per heavy atom. The molecule has 0 fully saturated rings. The number of nitrogens with one attached hydrogen (secondary N) is 2. The van der Waals surface area contributed by atoms with E-state index in [4.69, 9.17) is 4.74 Å². The maximum atomic E-state index is 12.6. The van der Waals surface area contributed by atoms with Gasteiger partial charge in [-0.3, -0.25) is 9.52 Å². The van der Waals surface area contributed by atoms with Crippen molar-refractivity contribution >= 4 is 50.2 Å². The van der Waals surface area contributed by atoms with Gasteiger partial charge in [-0.15, -0.1) is 11.3 Å². The molecule has 0 unspecified atom stereocenters. The number of carbonyl (C=O) groups is 1. The lowest BCUT2D eigenvalue weighted by Gasteiger charge is -2.08. The standard InChI is InChI=1S/C28H22N4O4S2/c29-20-23(19-22-8-12-25(13-9-22)36-17-4-7-21-5-2-1-3-6-21)27(33)31-24-10-14-26(15-11-24)38(34,35)32-28-30-16-18-37-28/h1-16,18-19H,17H2,(H,30,32)(H,31,33). The van der Waals surface area contributed by atoms with E-state index in [2.05, 4.69) is 15.0 Å². The van der Waals surface area contributed by atoms with Crippen molar-refractivity contribution in [1.29, 1.82) is 5.26 Å². The molecule has 4 rings (SSSR count). The zero-order valence-corrected chi connectivity index (χ0v) is 21.6. The molecule has 0 bridgehead atoms. The molecule has 0 aliphatic rings. The van der Waals surface area contributed by atoms with E-state index in [0.717, 1.165) is 16.9 Å². The zero-order chi connectivity index (χ0) is 26.8. The summed E-state index contributed by atoms with van der Waals surface area (Å²) in [6.45, 7) is 0.400. The molecule has 8 nitrogen and oxygen atoms in total. The van der Waals surface area contributed by atoms with Crippen molar-refractivity contribution in [2.24, 2.45) is 0 Å². The highest BCUT2D eigenvalue weighted by atomic mass is 32.2. The molecular weight excluding hydrogens is 520 g/mol. The fourth-order valence-corrected chi connectivity index (χ4v) is 5.02. The van der Waals surface area contributed by atoms with Crippen molar-refractivity contribution in [3.05, 3.63) is 113 Å². The second-order valence-electron chi connectivity index (χ2n) is 7.78. The normalized spacial score (nSPS) is 11.6. The minimum absolute atomic E-state index is 0.0135. The van der Waals surface area contributed by atoms with Crippen LogP contribution in [0.4, 0.5) is 10.8 Å². The highest BCUT2D eigenvalue weighted by molar-refractivity contribution is 7.93. The fraction of sp³-hybridized carbons (Fsp3) is 0.0357. The Labute approximate surface area is 224 Å². The maximum absolute atomic E-state index is 12.6. The highest BCUT2D eigenvalue weighted by Crippen LogP contribution is 2.20. The van der Waals surface area contributed by atoms with Gasteiger partial charge in [0.05, 0.1) is 4.90 Å². The lowest BCUT2D eigenvalue weighted by molar-refractivity contribution is -0.112. The number of benzene rings is 3. The second-order valence-corrected chi connectivity index (χ2v) is 10.4. The van der Waals surface area contributed by atoms with Crippen LogP contribution in [0.1, 0.15) is 11.1 Å². The Morgan fingerprint density at radius 2 is 1.74 bits per heavy atom. The van der Waals surface area contributed by atoms with E-state index in [1.807, 2.05) is 48.6 Å². The molecule has 0 spiro atoms.